The Morgan fingerprint density at radius 1 is 1.47 bits per heavy atom. The number of piperidine rings is 1. The minimum Gasteiger partial charge on any atom is -0.481 e. The molecule has 0 unspecified atom stereocenters. The molecule has 0 amide bonds. The summed E-state index contributed by atoms with van der Waals surface area (Å²) in [6.45, 7) is 3.71. The molecule has 2 saturated heterocycles. The number of methoxy groups -OCH3 is 1. The highest BCUT2D eigenvalue weighted by Gasteiger charge is 2.34. The third-order valence-corrected chi connectivity index (χ3v) is 4.15. The van der Waals surface area contributed by atoms with Gasteiger partial charge in [0.25, 0.3) is 0 Å². The van der Waals surface area contributed by atoms with Gasteiger partial charge >= 0.3 is 0 Å². The molecule has 1 aromatic rings. The van der Waals surface area contributed by atoms with Crippen molar-refractivity contribution >= 4 is 0 Å². The van der Waals surface area contributed by atoms with Crippen LogP contribution in [0.3, 0.4) is 0 Å². The maximum atomic E-state index is 13.8. The van der Waals surface area contributed by atoms with Gasteiger partial charge in [0.15, 0.2) is 0 Å². The van der Waals surface area contributed by atoms with Crippen LogP contribution in [0.25, 0.3) is 0 Å². The van der Waals surface area contributed by atoms with Gasteiger partial charge in [-0.15, -0.1) is 0 Å². The van der Waals surface area contributed by atoms with Crippen LogP contribution in [0.1, 0.15) is 18.5 Å². The SMILES string of the molecule is COc1ccc(F)c(CN2C[C@@H]3CCCN[C@@H]3C2)n1. The summed E-state index contributed by atoms with van der Waals surface area (Å²) in [6.07, 6.45) is 2.53. The quantitative estimate of drug-likeness (QED) is 0.897. The van der Waals surface area contributed by atoms with Crippen molar-refractivity contribution in [3.05, 3.63) is 23.6 Å². The number of likely N-dealkylation sites (tertiary alicyclic amines) is 1. The lowest BCUT2D eigenvalue weighted by atomic mass is 9.94. The molecule has 0 saturated carbocycles. The van der Waals surface area contributed by atoms with Gasteiger partial charge in [-0.1, -0.05) is 0 Å². The molecule has 0 aromatic carbocycles. The minimum atomic E-state index is -0.247. The summed E-state index contributed by atoms with van der Waals surface area (Å²) in [4.78, 5) is 6.50. The normalized spacial score (nSPS) is 27.3. The molecule has 1 N–H and O–H groups in total. The maximum Gasteiger partial charge on any atom is 0.213 e. The average molecular weight is 265 g/mol. The second kappa shape index (κ2) is 5.43. The highest BCUT2D eigenvalue weighted by atomic mass is 19.1. The fourth-order valence-corrected chi connectivity index (χ4v) is 3.17. The third-order valence-electron chi connectivity index (χ3n) is 4.15. The summed E-state index contributed by atoms with van der Waals surface area (Å²) in [7, 11) is 1.55. The first kappa shape index (κ1) is 12.8. The van der Waals surface area contributed by atoms with E-state index in [1.54, 1.807) is 13.2 Å². The van der Waals surface area contributed by atoms with Gasteiger partial charge in [0, 0.05) is 31.7 Å². The Morgan fingerprint density at radius 3 is 3.16 bits per heavy atom. The monoisotopic (exact) mass is 265 g/mol. The molecule has 3 heterocycles. The molecule has 3 rings (SSSR count). The van der Waals surface area contributed by atoms with Crippen LogP contribution in [0.15, 0.2) is 12.1 Å². The molecule has 0 bridgehead atoms. The maximum absolute atomic E-state index is 13.8. The Bertz CT molecular complexity index is 440. The van der Waals surface area contributed by atoms with Crippen LogP contribution in [0, 0.1) is 11.7 Å². The van der Waals surface area contributed by atoms with E-state index in [4.69, 9.17) is 4.74 Å². The van der Waals surface area contributed by atoms with E-state index in [9.17, 15) is 4.39 Å². The number of rotatable bonds is 3. The van der Waals surface area contributed by atoms with Gasteiger partial charge in [-0.05, 0) is 31.4 Å². The average Bonchev–Trinajstić information content (AvgIpc) is 2.83. The summed E-state index contributed by atoms with van der Waals surface area (Å²) in [6, 6.07) is 3.56. The van der Waals surface area contributed by atoms with Gasteiger partial charge in [-0.25, -0.2) is 9.37 Å². The molecule has 2 atom stereocenters. The summed E-state index contributed by atoms with van der Waals surface area (Å²) >= 11 is 0. The Balaban J connectivity index is 1.68. The van der Waals surface area contributed by atoms with Crippen molar-refractivity contribution in [2.45, 2.75) is 25.4 Å². The minimum absolute atomic E-state index is 0.247. The van der Waals surface area contributed by atoms with E-state index in [2.05, 4.69) is 15.2 Å². The number of aromatic nitrogens is 1. The Morgan fingerprint density at radius 2 is 2.37 bits per heavy atom. The zero-order valence-electron chi connectivity index (χ0n) is 11.2. The van der Waals surface area contributed by atoms with E-state index in [1.807, 2.05) is 0 Å². The second-order valence-corrected chi connectivity index (χ2v) is 5.44. The molecule has 2 fully saturated rings. The molecular weight excluding hydrogens is 245 g/mol. The van der Waals surface area contributed by atoms with Crippen LogP contribution < -0.4 is 10.1 Å². The molecule has 1 aromatic heterocycles. The zero-order chi connectivity index (χ0) is 13.2. The molecule has 0 radical (unpaired) electrons. The lowest BCUT2D eigenvalue weighted by molar-refractivity contribution is 0.300. The van der Waals surface area contributed by atoms with E-state index in [0.29, 0.717) is 30.1 Å². The van der Waals surface area contributed by atoms with Crippen LogP contribution >= 0.6 is 0 Å². The van der Waals surface area contributed by atoms with Crippen molar-refractivity contribution in [3.63, 3.8) is 0 Å². The number of nitrogens with one attached hydrogen (secondary N) is 1. The second-order valence-electron chi connectivity index (χ2n) is 5.44. The Hall–Kier alpha value is -1.20. The fraction of sp³-hybridized carbons (Fsp3) is 0.643. The van der Waals surface area contributed by atoms with Crippen molar-refractivity contribution in [1.29, 1.82) is 0 Å². The van der Waals surface area contributed by atoms with E-state index < -0.39 is 0 Å². The van der Waals surface area contributed by atoms with Crippen LogP contribution in [-0.4, -0.2) is 42.7 Å². The number of hydrogen-bond acceptors (Lipinski definition) is 4. The van der Waals surface area contributed by atoms with Gasteiger partial charge in [0.1, 0.15) is 5.82 Å². The first-order chi connectivity index (χ1) is 9.26. The van der Waals surface area contributed by atoms with Crippen molar-refractivity contribution < 1.29 is 9.13 Å². The summed E-state index contributed by atoms with van der Waals surface area (Å²) in [5.74, 6) is 0.942. The number of halogens is 1. The van der Waals surface area contributed by atoms with Crippen molar-refractivity contribution in [3.8, 4) is 5.88 Å². The topological polar surface area (TPSA) is 37.4 Å². The summed E-state index contributed by atoms with van der Waals surface area (Å²) < 4.78 is 18.8. The van der Waals surface area contributed by atoms with E-state index >= 15 is 0 Å². The van der Waals surface area contributed by atoms with Gasteiger partial charge in [0.2, 0.25) is 5.88 Å². The Kier molecular flexibility index (Phi) is 3.66. The van der Waals surface area contributed by atoms with Crippen LogP contribution in [0.2, 0.25) is 0 Å². The van der Waals surface area contributed by atoms with E-state index in [1.165, 1.54) is 18.9 Å². The molecule has 19 heavy (non-hydrogen) atoms. The molecule has 2 aliphatic heterocycles. The van der Waals surface area contributed by atoms with Gasteiger partial charge in [-0.3, -0.25) is 4.90 Å². The van der Waals surface area contributed by atoms with Crippen molar-refractivity contribution in [2.24, 2.45) is 5.92 Å². The van der Waals surface area contributed by atoms with Gasteiger partial charge < -0.3 is 10.1 Å². The van der Waals surface area contributed by atoms with Crippen molar-refractivity contribution in [2.75, 3.05) is 26.7 Å². The lowest BCUT2D eigenvalue weighted by Gasteiger charge is -2.24. The molecule has 2 aliphatic rings. The fourth-order valence-electron chi connectivity index (χ4n) is 3.17. The van der Waals surface area contributed by atoms with E-state index in [0.717, 1.165) is 19.6 Å². The molecule has 104 valence electrons. The van der Waals surface area contributed by atoms with Crippen molar-refractivity contribution in [1.82, 2.24) is 15.2 Å². The number of fused-ring (bicyclic) bond motifs is 1. The number of nitrogens with zero attached hydrogens (tertiary/aromatic N) is 2. The van der Waals surface area contributed by atoms with Gasteiger partial charge in [-0.2, -0.15) is 0 Å². The number of ether oxygens (including phenoxy) is 1. The highest BCUT2D eigenvalue weighted by molar-refractivity contribution is 5.17. The largest absolute Gasteiger partial charge is 0.481 e. The zero-order valence-corrected chi connectivity index (χ0v) is 11.2. The molecule has 0 aliphatic carbocycles. The predicted octanol–water partition coefficient (Wildman–Crippen LogP) is 1.41. The highest BCUT2D eigenvalue weighted by Crippen LogP contribution is 2.26. The lowest BCUT2D eigenvalue weighted by Crippen LogP contribution is -2.40. The van der Waals surface area contributed by atoms with Crippen LogP contribution in [0.4, 0.5) is 4.39 Å². The molecule has 4 nitrogen and oxygen atoms in total. The first-order valence-electron chi connectivity index (χ1n) is 6.91. The van der Waals surface area contributed by atoms with Gasteiger partial charge in [0.05, 0.1) is 12.8 Å². The molecular formula is C14H20FN3O. The summed E-state index contributed by atoms with van der Waals surface area (Å²) in [5.41, 5.74) is 0.484. The number of hydrogen-bond donors (Lipinski definition) is 1. The van der Waals surface area contributed by atoms with Crippen LogP contribution in [-0.2, 0) is 6.54 Å². The predicted molar refractivity (Wildman–Crippen MR) is 70.5 cm³/mol. The summed E-state index contributed by atoms with van der Waals surface area (Å²) in [5, 5.41) is 3.55. The molecule has 0 spiro atoms. The van der Waals surface area contributed by atoms with Crippen LogP contribution in [0.5, 0.6) is 5.88 Å². The number of pyridine rings is 1. The third kappa shape index (κ3) is 2.72. The smallest absolute Gasteiger partial charge is 0.213 e. The molecule has 5 heteroatoms. The standard InChI is InChI=1S/C14H20FN3O/c1-19-14-5-4-11(15)13(17-14)9-18-7-10-3-2-6-16-12(10)8-18/h4-5,10,12,16H,2-3,6-9H2,1H3/t10-,12+/m0/s1. The van der Waals surface area contributed by atoms with E-state index in [-0.39, 0.29) is 5.82 Å². The first-order valence-corrected chi connectivity index (χ1v) is 6.91. The Labute approximate surface area is 113 Å².